The number of allylic oxidation sites excluding steroid dienone is 4. The number of para-hydroxylation sites is 3. The van der Waals surface area contributed by atoms with Crippen LogP contribution in [0.1, 0.15) is 43.0 Å². The maximum absolute atomic E-state index is 5.22. The Morgan fingerprint density at radius 2 is 1.17 bits per heavy atom. The molecule has 0 N–H and O–H groups in total. The van der Waals surface area contributed by atoms with Crippen LogP contribution in [0.2, 0.25) is 0 Å². The lowest BCUT2D eigenvalue weighted by atomic mass is 9.81. The highest BCUT2D eigenvalue weighted by molar-refractivity contribution is 6.32. The molecule has 12 rings (SSSR count). The molecule has 59 heavy (non-hydrogen) atoms. The second kappa shape index (κ2) is 12.9. The number of rotatable bonds is 5. The van der Waals surface area contributed by atoms with Crippen LogP contribution in [0.5, 0.6) is 0 Å². The first-order chi connectivity index (χ1) is 29.1. The molecule has 7 aromatic carbocycles. The van der Waals surface area contributed by atoms with Gasteiger partial charge in [-0.25, -0.2) is 0 Å². The van der Waals surface area contributed by atoms with E-state index in [2.05, 4.69) is 217 Å². The fourth-order valence-electron chi connectivity index (χ4n) is 10.3. The Hall–Kier alpha value is -7.23. The molecular formula is C56H41N3. The summed E-state index contributed by atoms with van der Waals surface area (Å²) in [6.45, 7) is 4.85. The fourth-order valence-corrected chi connectivity index (χ4v) is 10.3. The molecule has 3 heterocycles. The van der Waals surface area contributed by atoms with Gasteiger partial charge in [-0.3, -0.25) is 4.98 Å². The van der Waals surface area contributed by atoms with Crippen LogP contribution in [-0.4, -0.2) is 14.1 Å². The Labute approximate surface area is 343 Å². The van der Waals surface area contributed by atoms with Gasteiger partial charge >= 0.3 is 0 Å². The van der Waals surface area contributed by atoms with Crippen LogP contribution < -0.4 is 0 Å². The third-order valence-electron chi connectivity index (χ3n) is 13.0. The zero-order valence-electron chi connectivity index (χ0n) is 33.1. The number of benzene rings is 7. The van der Waals surface area contributed by atoms with Gasteiger partial charge in [0.1, 0.15) is 0 Å². The van der Waals surface area contributed by atoms with Gasteiger partial charge in [-0.05, 0) is 88.3 Å². The molecule has 1 unspecified atom stereocenters. The van der Waals surface area contributed by atoms with Gasteiger partial charge in [-0.1, -0.05) is 159 Å². The minimum absolute atomic E-state index is 0.246. The zero-order valence-corrected chi connectivity index (χ0v) is 33.1. The molecule has 1 atom stereocenters. The van der Waals surface area contributed by atoms with E-state index in [1.807, 2.05) is 0 Å². The quantitative estimate of drug-likeness (QED) is 0.172. The summed E-state index contributed by atoms with van der Waals surface area (Å²) < 4.78 is 5.07. The molecule has 0 spiro atoms. The predicted octanol–water partition coefficient (Wildman–Crippen LogP) is 14.5. The van der Waals surface area contributed by atoms with Gasteiger partial charge < -0.3 is 9.13 Å². The monoisotopic (exact) mass is 755 g/mol. The summed E-state index contributed by atoms with van der Waals surface area (Å²) in [5.74, 6) is 0.247. The number of hydrogen-bond acceptors (Lipinski definition) is 1. The minimum Gasteiger partial charge on any atom is -0.309 e. The molecule has 0 radical (unpaired) electrons. The van der Waals surface area contributed by atoms with Crippen molar-refractivity contribution < 1.29 is 0 Å². The Morgan fingerprint density at radius 3 is 1.90 bits per heavy atom. The van der Waals surface area contributed by atoms with Crippen LogP contribution in [0.25, 0.3) is 88.5 Å². The third kappa shape index (κ3) is 4.98. The molecule has 2 aliphatic carbocycles. The molecular weight excluding hydrogens is 715 g/mol. The molecule has 0 bridgehead atoms. The van der Waals surface area contributed by atoms with Crippen LogP contribution in [0.15, 0.2) is 194 Å². The smallest absolute Gasteiger partial charge is 0.0711 e. The van der Waals surface area contributed by atoms with Crippen LogP contribution >= 0.6 is 0 Å². The van der Waals surface area contributed by atoms with E-state index in [1.54, 1.807) is 0 Å². The highest BCUT2D eigenvalue weighted by Gasteiger charge is 2.41. The molecule has 2 aliphatic rings. The van der Waals surface area contributed by atoms with Crippen LogP contribution in [0, 0.1) is 0 Å². The van der Waals surface area contributed by atoms with Gasteiger partial charge in [0.15, 0.2) is 0 Å². The Morgan fingerprint density at radius 1 is 0.542 bits per heavy atom. The first-order valence-corrected chi connectivity index (χ1v) is 20.8. The number of aromatic nitrogens is 3. The summed E-state index contributed by atoms with van der Waals surface area (Å²) in [5, 5.41) is 5.16. The standard InChI is InChI=1S/C56H41N3/c1-56(2)45-27-15-12-24-42(45)50-51-43-25-13-16-28-48(43)58(40-22-10-5-11-23-40)54(51)52-44-26-14-17-29-49(44)59(55(52)53(50)56)41-32-30-36(31-33-41)39-34-46(37-18-6-3-7-19-37)57-47(35-39)38-20-8-4-9-21-38/h3-20,22-35,38H,21H2,1-2H3. The minimum atomic E-state index is -0.246. The maximum atomic E-state index is 5.22. The Balaban J connectivity index is 1.16. The van der Waals surface area contributed by atoms with Gasteiger partial charge in [0.05, 0.1) is 27.8 Å². The van der Waals surface area contributed by atoms with Crippen molar-refractivity contribution in [2.75, 3.05) is 0 Å². The van der Waals surface area contributed by atoms with E-state index in [0.29, 0.717) is 0 Å². The largest absolute Gasteiger partial charge is 0.309 e. The number of fused-ring (bicyclic) bond motifs is 12. The molecule has 0 saturated heterocycles. The fraction of sp³-hybridized carbons (Fsp3) is 0.0893. The van der Waals surface area contributed by atoms with Gasteiger partial charge in [0.2, 0.25) is 0 Å². The Bertz CT molecular complexity index is 3360. The highest BCUT2D eigenvalue weighted by Crippen LogP contribution is 2.58. The van der Waals surface area contributed by atoms with Crippen molar-refractivity contribution >= 4 is 43.6 Å². The van der Waals surface area contributed by atoms with Crippen molar-refractivity contribution in [1.29, 1.82) is 0 Å². The summed E-state index contributed by atoms with van der Waals surface area (Å²) >= 11 is 0. The van der Waals surface area contributed by atoms with E-state index in [9.17, 15) is 0 Å². The first kappa shape index (κ1) is 33.9. The third-order valence-corrected chi connectivity index (χ3v) is 13.0. The van der Waals surface area contributed by atoms with E-state index >= 15 is 0 Å². The van der Waals surface area contributed by atoms with Crippen molar-refractivity contribution in [3.05, 3.63) is 211 Å². The number of pyridine rings is 1. The van der Waals surface area contributed by atoms with Crippen molar-refractivity contribution in [2.45, 2.75) is 31.6 Å². The van der Waals surface area contributed by atoms with Crippen molar-refractivity contribution in [3.63, 3.8) is 0 Å². The van der Waals surface area contributed by atoms with Crippen molar-refractivity contribution in [2.24, 2.45) is 0 Å². The van der Waals surface area contributed by atoms with Crippen molar-refractivity contribution in [3.8, 4) is 44.9 Å². The summed E-state index contributed by atoms with van der Waals surface area (Å²) in [7, 11) is 0. The first-order valence-electron chi connectivity index (χ1n) is 20.8. The number of nitrogens with zero attached hydrogens (tertiary/aromatic N) is 3. The average molecular weight is 756 g/mol. The summed E-state index contributed by atoms with van der Waals surface area (Å²) in [4.78, 5) is 5.22. The molecule has 0 fully saturated rings. The SMILES string of the molecule is CC1(C)c2ccccc2-c2c1c1c(c3ccccc3n1-c1ccc(-c3cc(-c4ccccc4)nc(C4C=CC=CC4)c3)cc1)c1c2c2ccccc2n1-c1ccccc1. The van der Waals surface area contributed by atoms with E-state index < -0.39 is 0 Å². The molecule has 3 nitrogen and oxygen atoms in total. The topological polar surface area (TPSA) is 22.8 Å². The Kier molecular flexibility index (Phi) is 7.40. The van der Waals surface area contributed by atoms with E-state index in [-0.39, 0.29) is 11.3 Å². The molecule has 3 aromatic heterocycles. The maximum Gasteiger partial charge on any atom is 0.0711 e. The van der Waals surface area contributed by atoms with Crippen LogP contribution in [0.4, 0.5) is 0 Å². The van der Waals surface area contributed by atoms with Crippen molar-refractivity contribution in [1.82, 2.24) is 14.1 Å². The number of hydrogen-bond donors (Lipinski definition) is 0. The highest BCUT2D eigenvalue weighted by atomic mass is 15.0. The van der Waals surface area contributed by atoms with Gasteiger partial charge in [0.25, 0.3) is 0 Å². The van der Waals surface area contributed by atoms with Crippen LogP contribution in [-0.2, 0) is 5.41 Å². The second-order valence-corrected chi connectivity index (χ2v) is 16.6. The summed E-state index contributed by atoms with van der Waals surface area (Å²) in [6.07, 6.45) is 9.75. The van der Waals surface area contributed by atoms with Crippen LogP contribution in [0.3, 0.4) is 0 Å². The molecule has 3 heteroatoms. The zero-order chi connectivity index (χ0) is 39.2. The normalized spacial score (nSPS) is 15.4. The molecule has 0 saturated carbocycles. The molecule has 0 amide bonds. The predicted molar refractivity (Wildman–Crippen MR) is 247 cm³/mol. The second-order valence-electron chi connectivity index (χ2n) is 16.6. The molecule has 280 valence electrons. The van der Waals surface area contributed by atoms with Gasteiger partial charge in [-0.15, -0.1) is 0 Å². The van der Waals surface area contributed by atoms with E-state index in [4.69, 9.17) is 4.98 Å². The van der Waals surface area contributed by atoms with Gasteiger partial charge in [0, 0.05) is 55.5 Å². The van der Waals surface area contributed by atoms with E-state index in [1.165, 1.54) is 77.0 Å². The lowest BCUT2D eigenvalue weighted by molar-refractivity contribution is 0.664. The lowest BCUT2D eigenvalue weighted by Gasteiger charge is -2.24. The molecule has 0 aliphatic heterocycles. The lowest BCUT2D eigenvalue weighted by Crippen LogP contribution is -2.16. The van der Waals surface area contributed by atoms with E-state index in [0.717, 1.165) is 34.7 Å². The molecule has 10 aromatic rings. The summed E-state index contributed by atoms with van der Waals surface area (Å²) in [5.41, 5.74) is 18.1. The van der Waals surface area contributed by atoms with Gasteiger partial charge in [-0.2, -0.15) is 0 Å². The summed E-state index contributed by atoms with van der Waals surface area (Å²) in [6, 6.07) is 62.4. The average Bonchev–Trinajstić information content (AvgIpc) is 3.90.